The summed E-state index contributed by atoms with van der Waals surface area (Å²) in [5, 5.41) is 6.21. The van der Waals surface area contributed by atoms with E-state index in [2.05, 4.69) is 15.8 Å². The number of ether oxygens (including phenoxy) is 2. The Morgan fingerprint density at radius 1 is 1.28 bits per heavy atom. The van der Waals surface area contributed by atoms with E-state index in [1.165, 1.54) is 6.21 Å². The molecule has 0 unspecified atom stereocenters. The van der Waals surface area contributed by atoms with Crippen molar-refractivity contribution in [2.75, 3.05) is 19.8 Å². The van der Waals surface area contributed by atoms with Crippen LogP contribution in [0.15, 0.2) is 29.4 Å². The monoisotopic (exact) mass is 348 g/mol. The number of carbonyl (C=O) groups is 3. The average molecular weight is 348 g/mol. The Bertz CT molecular complexity index is 638. The summed E-state index contributed by atoms with van der Waals surface area (Å²) in [4.78, 5) is 33.8. The van der Waals surface area contributed by atoms with Crippen molar-refractivity contribution in [2.24, 2.45) is 10.8 Å². The normalized spacial score (nSPS) is 16.6. The third kappa shape index (κ3) is 6.60. The van der Waals surface area contributed by atoms with Gasteiger partial charge >= 0.3 is 11.8 Å². The van der Waals surface area contributed by atoms with Crippen molar-refractivity contribution in [1.82, 2.24) is 10.7 Å². The van der Waals surface area contributed by atoms with Gasteiger partial charge in [-0.15, -0.1) is 0 Å². The van der Waals surface area contributed by atoms with Crippen LogP contribution in [0.1, 0.15) is 18.4 Å². The van der Waals surface area contributed by atoms with Gasteiger partial charge in [-0.2, -0.15) is 5.10 Å². The number of hydrogen-bond donors (Lipinski definition) is 3. The number of nitrogens with one attached hydrogen (secondary N) is 2. The van der Waals surface area contributed by atoms with Gasteiger partial charge in [-0.3, -0.25) is 14.4 Å². The lowest BCUT2D eigenvalue weighted by Crippen LogP contribution is -2.41. The minimum absolute atomic E-state index is 0.0319. The fourth-order valence-corrected chi connectivity index (χ4v) is 2.11. The van der Waals surface area contributed by atoms with Crippen LogP contribution < -0.4 is 21.2 Å². The van der Waals surface area contributed by atoms with Crippen LogP contribution in [0, 0.1) is 0 Å². The number of nitrogens with zero attached hydrogens (tertiary/aromatic N) is 1. The first-order chi connectivity index (χ1) is 12.0. The molecule has 0 bridgehead atoms. The van der Waals surface area contributed by atoms with Crippen LogP contribution in [0.25, 0.3) is 0 Å². The highest BCUT2D eigenvalue weighted by molar-refractivity contribution is 6.35. The molecule has 0 saturated carbocycles. The maximum atomic E-state index is 11.6. The molecule has 3 amide bonds. The summed E-state index contributed by atoms with van der Waals surface area (Å²) < 4.78 is 10.5. The molecular formula is C16H20N4O5. The van der Waals surface area contributed by atoms with E-state index in [0.717, 1.165) is 12.8 Å². The number of primary amides is 1. The van der Waals surface area contributed by atoms with Crippen molar-refractivity contribution in [2.45, 2.75) is 18.9 Å². The smallest absolute Gasteiger partial charge is 0.329 e. The highest BCUT2D eigenvalue weighted by Gasteiger charge is 2.18. The highest BCUT2D eigenvalue weighted by atomic mass is 16.5. The fourth-order valence-electron chi connectivity index (χ4n) is 2.11. The van der Waals surface area contributed by atoms with E-state index in [0.29, 0.717) is 24.5 Å². The zero-order valence-electron chi connectivity index (χ0n) is 13.6. The third-order valence-electron chi connectivity index (χ3n) is 3.36. The third-order valence-corrected chi connectivity index (χ3v) is 3.36. The molecule has 1 saturated heterocycles. The van der Waals surface area contributed by atoms with Gasteiger partial charge in [0.15, 0.2) is 6.61 Å². The largest absolute Gasteiger partial charge is 0.484 e. The standard InChI is InChI=1S/C16H20N4O5/c17-14(21)10-25-12-5-3-11(4-6-12)8-19-20-16(23)15(22)18-9-13-2-1-7-24-13/h3-6,8,13H,1-2,7,9-10H2,(H2,17,21)(H,18,22)(H,20,23)/b19-8-/t13-/m1/s1. The van der Waals surface area contributed by atoms with Crippen LogP contribution in [0.5, 0.6) is 5.75 Å². The number of benzene rings is 1. The highest BCUT2D eigenvalue weighted by Crippen LogP contribution is 2.11. The summed E-state index contributed by atoms with van der Waals surface area (Å²) >= 11 is 0. The molecule has 0 radical (unpaired) electrons. The second-order valence-corrected chi connectivity index (χ2v) is 5.37. The van der Waals surface area contributed by atoms with Crippen molar-refractivity contribution in [3.8, 4) is 5.75 Å². The lowest BCUT2D eigenvalue weighted by molar-refractivity contribution is -0.139. The first-order valence-electron chi connectivity index (χ1n) is 7.78. The van der Waals surface area contributed by atoms with Gasteiger partial charge in [-0.1, -0.05) is 0 Å². The van der Waals surface area contributed by atoms with Crippen molar-refractivity contribution < 1.29 is 23.9 Å². The summed E-state index contributed by atoms with van der Waals surface area (Å²) in [7, 11) is 0. The van der Waals surface area contributed by atoms with E-state index in [1.54, 1.807) is 24.3 Å². The molecule has 1 aliphatic heterocycles. The second kappa shape index (κ2) is 9.38. The molecular weight excluding hydrogens is 328 g/mol. The zero-order chi connectivity index (χ0) is 18.1. The molecule has 1 fully saturated rings. The SMILES string of the molecule is NC(=O)COc1ccc(/C=N\NC(=O)C(=O)NC[C@H]2CCCO2)cc1. The Hall–Kier alpha value is -2.94. The van der Waals surface area contributed by atoms with Gasteiger partial charge in [0.25, 0.3) is 5.91 Å². The quantitative estimate of drug-likeness (QED) is 0.340. The van der Waals surface area contributed by atoms with Crippen LogP contribution in [0.3, 0.4) is 0 Å². The van der Waals surface area contributed by atoms with E-state index >= 15 is 0 Å². The Morgan fingerprint density at radius 3 is 2.68 bits per heavy atom. The van der Waals surface area contributed by atoms with Gasteiger partial charge in [0.1, 0.15) is 5.75 Å². The molecule has 1 aromatic rings. The van der Waals surface area contributed by atoms with Gasteiger partial charge in [0.2, 0.25) is 0 Å². The van der Waals surface area contributed by atoms with E-state index in [-0.39, 0.29) is 12.7 Å². The molecule has 0 aliphatic carbocycles. The lowest BCUT2D eigenvalue weighted by atomic mass is 10.2. The molecule has 1 aliphatic rings. The van der Waals surface area contributed by atoms with E-state index in [9.17, 15) is 14.4 Å². The van der Waals surface area contributed by atoms with E-state index < -0.39 is 17.7 Å². The van der Waals surface area contributed by atoms with Crippen molar-refractivity contribution in [3.63, 3.8) is 0 Å². The Morgan fingerprint density at radius 2 is 2.04 bits per heavy atom. The fraction of sp³-hybridized carbons (Fsp3) is 0.375. The van der Waals surface area contributed by atoms with Crippen LogP contribution >= 0.6 is 0 Å². The summed E-state index contributed by atoms with van der Waals surface area (Å²) in [5.74, 6) is -1.70. The molecule has 2 rings (SSSR count). The number of hydrazone groups is 1. The van der Waals surface area contributed by atoms with Gasteiger partial charge in [-0.25, -0.2) is 5.43 Å². The first-order valence-corrected chi connectivity index (χ1v) is 7.78. The Balaban J connectivity index is 1.72. The predicted molar refractivity (Wildman–Crippen MR) is 88.9 cm³/mol. The molecule has 0 aromatic heterocycles. The first kappa shape index (κ1) is 18.4. The minimum atomic E-state index is -0.851. The number of amides is 3. The van der Waals surface area contributed by atoms with Gasteiger partial charge in [0.05, 0.1) is 12.3 Å². The molecule has 1 heterocycles. The zero-order valence-corrected chi connectivity index (χ0v) is 13.6. The molecule has 4 N–H and O–H groups in total. The number of carbonyl (C=O) groups excluding carboxylic acids is 3. The van der Waals surface area contributed by atoms with Crippen LogP contribution in [0.4, 0.5) is 0 Å². The second-order valence-electron chi connectivity index (χ2n) is 5.37. The molecule has 1 atom stereocenters. The van der Waals surface area contributed by atoms with Crippen molar-refractivity contribution in [1.29, 1.82) is 0 Å². The predicted octanol–water partition coefficient (Wildman–Crippen LogP) is -0.704. The van der Waals surface area contributed by atoms with E-state index in [4.69, 9.17) is 15.2 Å². The number of hydrogen-bond acceptors (Lipinski definition) is 6. The van der Waals surface area contributed by atoms with Gasteiger partial charge in [0, 0.05) is 13.2 Å². The average Bonchev–Trinajstić information content (AvgIpc) is 3.12. The molecule has 9 nitrogen and oxygen atoms in total. The van der Waals surface area contributed by atoms with Crippen molar-refractivity contribution in [3.05, 3.63) is 29.8 Å². The molecule has 1 aromatic carbocycles. The lowest BCUT2D eigenvalue weighted by Gasteiger charge is -2.09. The van der Waals surface area contributed by atoms with Crippen LogP contribution in [0.2, 0.25) is 0 Å². The summed E-state index contributed by atoms with van der Waals surface area (Å²) in [6.07, 6.45) is 3.18. The molecule has 0 spiro atoms. The molecule has 25 heavy (non-hydrogen) atoms. The van der Waals surface area contributed by atoms with Crippen LogP contribution in [-0.2, 0) is 19.1 Å². The summed E-state index contributed by atoms with van der Waals surface area (Å²) in [5.41, 5.74) is 7.80. The summed E-state index contributed by atoms with van der Waals surface area (Å²) in [6, 6.07) is 6.59. The molecule has 9 heteroatoms. The topological polar surface area (TPSA) is 132 Å². The maximum Gasteiger partial charge on any atom is 0.329 e. The summed E-state index contributed by atoms with van der Waals surface area (Å²) in [6.45, 7) is 0.788. The minimum Gasteiger partial charge on any atom is -0.484 e. The van der Waals surface area contributed by atoms with Crippen molar-refractivity contribution >= 4 is 23.9 Å². The van der Waals surface area contributed by atoms with Gasteiger partial charge in [-0.05, 0) is 42.7 Å². The van der Waals surface area contributed by atoms with E-state index in [1.807, 2.05) is 0 Å². The Kier molecular flexibility index (Phi) is 6.90. The van der Waals surface area contributed by atoms with Gasteiger partial charge < -0.3 is 20.5 Å². The Labute approximate surface area is 144 Å². The number of nitrogens with two attached hydrogens (primary N) is 1. The van der Waals surface area contributed by atoms with Crippen LogP contribution in [-0.4, -0.2) is 49.8 Å². The number of rotatable bonds is 7. The molecule has 134 valence electrons. The maximum absolute atomic E-state index is 11.6.